The van der Waals surface area contributed by atoms with Crippen molar-refractivity contribution < 1.29 is 32.5 Å². The number of benzene rings is 1. The zero-order valence-corrected chi connectivity index (χ0v) is 23.1. The van der Waals surface area contributed by atoms with E-state index >= 15 is 0 Å². The molecule has 1 heterocycles. The number of nitrogens with one attached hydrogen (secondary N) is 1. The topological polar surface area (TPSA) is 119 Å². The molecule has 8 nitrogen and oxygen atoms in total. The number of hydrogen-bond donors (Lipinski definition) is 3. The Morgan fingerprint density at radius 1 is 1.27 bits per heavy atom. The summed E-state index contributed by atoms with van der Waals surface area (Å²) in [6.07, 6.45) is 1.09. The predicted octanol–water partition coefficient (Wildman–Crippen LogP) is 4.80. The monoisotopic (exact) mass is 580 g/mol. The summed E-state index contributed by atoms with van der Waals surface area (Å²) < 4.78 is 53.8. The van der Waals surface area contributed by atoms with Crippen LogP contribution in [0.15, 0.2) is 64.9 Å². The number of ether oxygens (including phenoxy) is 2. The van der Waals surface area contributed by atoms with Crippen LogP contribution >= 0.6 is 11.6 Å². The van der Waals surface area contributed by atoms with Gasteiger partial charge in [0.25, 0.3) is 5.91 Å². The molecule has 1 atom stereocenters. The van der Waals surface area contributed by atoms with Gasteiger partial charge in [-0.1, -0.05) is 23.7 Å². The van der Waals surface area contributed by atoms with Crippen molar-refractivity contribution >= 4 is 24.2 Å². The van der Waals surface area contributed by atoms with Crippen LogP contribution in [0.2, 0.25) is 5.15 Å². The number of nitrogens with zero attached hydrogens (tertiary/aromatic N) is 2. The number of aromatic nitrogens is 1. The number of methoxy groups -OCH3 is 1. The van der Waals surface area contributed by atoms with E-state index in [0.717, 1.165) is 24.5 Å². The van der Waals surface area contributed by atoms with Crippen molar-refractivity contribution in [1.82, 2.24) is 10.3 Å². The number of aliphatic imine (C=N–C) groups is 1. The lowest BCUT2D eigenvalue weighted by Gasteiger charge is -2.32. The highest BCUT2D eigenvalue weighted by atomic mass is 35.5. The summed E-state index contributed by atoms with van der Waals surface area (Å²) in [6, 6.07) is 7.55. The van der Waals surface area contributed by atoms with Gasteiger partial charge in [-0.25, -0.2) is 4.98 Å². The molecule has 12 heteroatoms. The van der Waals surface area contributed by atoms with Crippen LogP contribution in [0.3, 0.4) is 0 Å². The molecule has 1 unspecified atom stereocenters. The first kappa shape index (κ1) is 31.1. The largest absolute Gasteiger partial charge is 0.493 e. The molecule has 0 radical (unpaired) electrons. The zero-order valence-electron chi connectivity index (χ0n) is 22.4. The molecule has 1 aromatic heterocycles. The normalized spacial score (nSPS) is 16.2. The van der Waals surface area contributed by atoms with Gasteiger partial charge in [0.2, 0.25) is 5.60 Å². The fourth-order valence-corrected chi connectivity index (χ4v) is 3.74. The molecule has 0 spiro atoms. The number of allylic oxidation sites excluding steroid dienone is 1. The molecule has 1 aliphatic rings. The number of halogens is 4. The van der Waals surface area contributed by atoms with Crippen LogP contribution in [0.1, 0.15) is 42.6 Å². The Hall–Kier alpha value is -3.41. The van der Waals surface area contributed by atoms with Gasteiger partial charge in [0, 0.05) is 17.3 Å². The minimum atomic E-state index is -5.23. The summed E-state index contributed by atoms with van der Waals surface area (Å²) in [5, 5.41) is 13.4. The second-order valence-electron chi connectivity index (χ2n) is 9.99. The van der Waals surface area contributed by atoms with Gasteiger partial charge in [-0.05, 0) is 81.3 Å². The Balaban J connectivity index is 1.88. The standard InChI is InChI=1S/C28H32ClF3N4O4/c1-26(2,33)19(8-5-17-6-12-24(29)35-15-17)14-23(34-3)27(38,28(30,31)32)16-36-25(37)18-7-11-21(22(13-18)39-4)40-20-9-10-20/h6-8,11-15,20,38H,3,5,9-10,16,33H2,1-2,4H3,(H,36,37)/b19-8+,23-14-. The van der Waals surface area contributed by atoms with Gasteiger partial charge in [0.05, 0.1) is 25.5 Å². The third-order valence-corrected chi connectivity index (χ3v) is 6.42. The van der Waals surface area contributed by atoms with Crippen molar-refractivity contribution in [2.45, 2.75) is 56.5 Å². The Morgan fingerprint density at radius 3 is 2.50 bits per heavy atom. The SMILES string of the molecule is C=N/C(=C\C(=C/Cc1ccc(Cl)nc1)C(C)(C)N)C(O)(CNC(=O)c1ccc(OC2CC2)c(OC)c1)C(F)(F)F. The van der Waals surface area contributed by atoms with Crippen LogP contribution in [0, 0.1) is 0 Å². The number of hydrogen-bond acceptors (Lipinski definition) is 7. The van der Waals surface area contributed by atoms with Crippen LogP contribution in [-0.4, -0.2) is 59.8 Å². The van der Waals surface area contributed by atoms with E-state index in [-0.39, 0.29) is 29.4 Å². The first-order chi connectivity index (χ1) is 18.7. The summed E-state index contributed by atoms with van der Waals surface area (Å²) in [6.45, 7) is 5.19. The second kappa shape index (κ2) is 12.4. The summed E-state index contributed by atoms with van der Waals surface area (Å²) in [5.74, 6) is -0.185. The summed E-state index contributed by atoms with van der Waals surface area (Å²) in [4.78, 5) is 20.3. The fourth-order valence-electron chi connectivity index (χ4n) is 3.62. The predicted molar refractivity (Wildman–Crippen MR) is 147 cm³/mol. The lowest BCUT2D eigenvalue weighted by molar-refractivity contribution is -0.241. The smallest absolute Gasteiger partial charge is 0.424 e. The molecular weight excluding hydrogens is 549 g/mol. The first-order valence-corrected chi connectivity index (χ1v) is 12.8. The highest BCUT2D eigenvalue weighted by molar-refractivity contribution is 6.29. The molecule has 1 aromatic carbocycles. The van der Waals surface area contributed by atoms with Crippen molar-refractivity contribution in [3.8, 4) is 11.5 Å². The highest BCUT2D eigenvalue weighted by Crippen LogP contribution is 2.38. The van der Waals surface area contributed by atoms with Crippen LogP contribution in [0.4, 0.5) is 13.2 Å². The van der Waals surface area contributed by atoms with E-state index in [1.165, 1.54) is 31.5 Å². The number of nitrogens with two attached hydrogens (primary N) is 1. The fraction of sp³-hybridized carbons (Fsp3) is 0.393. The van der Waals surface area contributed by atoms with E-state index in [0.29, 0.717) is 10.9 Å². The number of amides is 1. The van der Waals surface area contributed by atoms with E-state index in [9.17, 15) is 23.1 Å². The van der Waals surface area contributed by atoms with Gasteiger partial charge >= 0.3 is 6.18 Å². The summed E-state index contributed by atoms with van der Waals surface area (Å²) >= 11 is 5.81. The molecule has 0 saturated heterocycles. The molecule has 1 aliphatic carbocycles. The van der Waals surface area contributed by atoms with Crippen molar-refractivity contribution in [3.63, 3.8) is 0 Å². The van der Waals surface area contributed by atoms with Gasteiger partial charge in [-0.15, -0.1) is 0 Å². The summed E-state index contributed by atoms with van der Waals surface area (Å²) in [5.41, 5.74) is 1.70. The van der Waals surface area contributed by atoms with Crippen LogP contribution < -0.4 is 20.5 Å². The van der Waals surface area contributed by atoms with Crippen molar-refractivity contribution in [3.05, 3.63) is 76.2 Å². The van der Waals surface area contributed by atoms with Gasteiger partial charge in [0.15, 0.2) is 11.5 Å². The van der Waals surface area contributed by atoms with E-state index in [1.807, 2.05) is 0 Å². The van der Waals surface area contributed by atoms with Crippen molar-refractivity contribution in [2.75, 3.05) is 13.7 Å². The Kier molecular flexibility index (Phi) is 9.65. The molecule has 1 saturated carbocycles. The molecule has 40 heavy (non-hydrogen) atoms. The molecule has 3 rings (SSSR count). The maximum Gasteiger partial charge on any atom is 0.424 e. The molecule has 2 aromatic rings. The third kappa shape index (κ3) is 7.83. The Bertz CT molecular complexity index is 1290. The van der Waals surface area contributed by atoms with E-state index in [1.54, 1.807) is 32.1 Å². The van der Waals surface area contributed by atoms with Gasteiger partial charge < -0.3 is 25.6 Å². The molecular formula is C28H32ClF3N4O4. The number of alkyl halides is 3. The third-order valence-electron chi connectivity index (χ3n) is 6.19. The molecule has 216 valence electrons. The number of pyridine rings is 1. The van der Waals surface area contributed by atoms with Crippen molar-refractivity contribution in [1.29, 1.82) is 0 Å². The maximum absolute atomic E-state index is 14.3. The van der Waals surface area contributed by atoms with Crippen LogP contribution in [0.25, 0.3) is 0 Å². The quantitative estimate of drug-likeness (QED) is 0.189. The van der Waals surface area contributed by atoms with E-state index in [2.05, 4.69) is 22.0 Å². The number of rotatable bonds is 12. The number of carbonyl (C=O) groups is 1. The zero-order chi connectivity index (χ0) is 29.7. The van der Waals surface area contributed by atoms with Gasteiger partial charge in [0.1, 0.15) is 5.15 Å². The second-order valence-corrected chi connectivity index (χ2v) is 10.4. The minimum Gasteiger partial charge on any atom is -0.493 e. The van der Waals surface area contributed by atoms with Gasteiger partial charge in [-0.2, -0.15) is 13.2 Å². The van der Waals surface area contributed by atoms with Crippen LogP contribution in [0.5, 0.6) is 11.5 Å². The molecule has 4 N–H and O–H groups in total. The number of aliphatic hydroxyl groups is 1. The molecule has 0 bridgehead atoms. The lowest BCUT2D eigenvalue weighted by Crippen LogP contribution is -2.54. The Morgan fingerprint density at radius 2 is 1.98 bits per heavy atom. The minimum absolute atomic E-state index is 0.0156. The first-order valence-electron chi connectivity index (χ1n) is 12.4. The van der Waals surface area contributed by atoms with Crippen molar-refractivity contribution in [2.24, 2.45) is 10.7 Å². The molecule has 0 aliphatic heterocycles. The highest BCUT2D eigenvalue weighted by Gasteiger charge is 2.57. The lowest BCUT2D eigenvalue weighted by atomic mass is 9.89. The average Bonchev–Trinajstić information content (AvgIpc) is 3.71. The van der Waals surface area contributed by atoms with E-state index in [4.69, 9.17) is 26.8 Å². The maximum atomic E-state index is 14.3. The number of carbonyl (C=O) groups excluding carboxylic acids is 1. The molecule has 1 amide bonds. The molecule has 1 fully saturated rings. The van der Waals surface area contributed by atoms with E-state index < -0.39 is 35.5 Å². The van der Waals surface area contributed by atoms with Crippen LogP contribution in [-0.2, 0) is 6.42 Å². The van der Waals surface area contributed by atoms with Gasteiger partial charge in [-0.3, -0.25) is 9.79 Å². The summed E-state index contributed by atoms with van der Waals surface area (Å²) in [7, 11) is 1.39. The Labute approximate surface area is 235 Å². The average molecular weight is 581 g/mol.